The molecule has 1 atom stereocenters. The largest absolute Gasteiger partial charge is 0.433 e. The Morgan fingerprint density at radius 3 is 2.80 bits per heavy atom. The van der Waals surface area contributed by atoms with Crippen molar-refractivity contribution < 1.29 is 18.0 Å². The van der Waals surface area contributed by atoms with Crippen molar-refractivity contribution in [3.05, 3.63) is 11.8 Å². The fourth-order valence-electron chi connectivity index (χ4n) is 1.89. The van der Waals surface area contributed by atoms with Gasteiger partial charge in [0, 0.05) is 19.2 Å². The van der Waals surface area contributed by atoms with Crippen molar-refractivity contribution in [3.8, 4) is 0 Å². The molecule has 20 heavy (non-hydrogen) atoms. The average molecular weight is 290 g/mol. The summed E-state index contributed by atoms with van der Waals surface area (Å²) in [4.78, 5) is 20.2. The van der Waals surface area contributed by atoms with Gasteiger partial charge in [-0.2, -0.15) is 18.2 Å². The van der Waals surface area contributed by atoms with Gasteiger partial charge in [-0.05, 0) is 6.92 Å². The van der Waals surface area contributed by atoms with Gasteiger partial charge in [-0.3, -0.25) is 10.2 Å². The second kappa shape index (κ2) is 5.12. The third-order valence-corrected chi connectivity index (χ3v) is 2.93. The van der Waals surface area contributed by atoms with E-state index in [0.29, 0.717) is 13.1 Å². The van der Waals surface area contributed by atoms with Crippen LogP contribution < -0.4 is 21.5 Å². The second-order valence-corrected chi connectivity index (χ2v) is 4.24. The van der Waals surface area contributed by atoms with Crippen molar-refractivity contribution in [1.82, 2.24) is 15.3 Å². The Balaban J connectivity index is 2.42. The van der Waals surface area contributed by atoms with E-state index in [1.807, 2.05) is 5.43 Å². The lowest BCUT2D eigenvalue weighted by Crippen LogP contribution is -2.54. The van der Waals surface area contributed by atoms with Crippen LogP contribution in [0.15, 0.2) is 6.07 Å². The first-order valence-electron chi connectivity index (χ1n) is 5.80. The predicted octanol–water partition coefficient (Wildman–Crippen LogP) is 0.106. The summed E-state index contributed by atoms with van der Waals surface area (Å²) in [6.45, 7) is 2.27. The summed E-state index contributed by atoms with van der Waals surface area (Å²) in [6, 6.07) is 0.181. The van der Waals surface area contributed by atoms with Crippen LogP contribution in [-0.2, 0) is 11.0 Å². The highest BCUT2D eigenvalue weighted by Crippen LogP contribution is 2.31. The first kappa shape index (κ1) is 14.3. The Bertz CT molecular complexity index is 520. The molecule has 1 amide bonds. The first-order chi connectivity index (χ1) is 9.32. The van der Waals surface area contributed by atoms with E-state index in [1.165, 1.54) is 4.90 Å². The van der Waals surface area contributed by atoms with E-state index in [4.69, 9.17) is 5.84 Å². The number of carbonyl (C=O) groups excluding carboxylic acids is 1. The Labute approximate surface area is 112 Å². The lowest BCUT2D eigenvalue weighted by Gasteiger charge is -2.34. The maximum Gasteiger partial charge on any atom is 0.433 e. The van der Waals surface area contributed by atoms with Gasteiger partial charge in [-0.15, -0.1) is 0 Å². The summed E-state index contributed by atoms with van der Waals surface area (Å²) >= 11 is 0. The number of hydrogen-bond acceptors (Lipinski definition) is 6. The molecule has 0 aromatic carbocycles. The fourth-order valence-corrected chi connectivity index (χ4v) is 1.89. The zero-order valence-electron chi connectivity index (χ0n) is 10.5. The van der Waals surface area contributed by atoms with Crippen molar-refractivity contribution in [2.45, 2.75) is 19.1 Å². The summed E-state index contributed by atoms with van der Waals surface area (Å²) < 4.78 is 38.3. The SMILES string of the molecule is CC1C(=O)NCCN1c1cc(C(F)(F)F)nc(NN)n1. The molecule has 110 valence electrons. The quantitative estimate of drug-likeness (QED) is 0.528. The molecule has 0 radical (unpaired) electrons. The maximum absolute atomic E-state index is 12.8. The predicted molar refractivity (Wildman–Crippen MR) is 64.7 cm³/mol. The number of piperazine rings is 1. The van der Waals surface area contributed by atoms with Gasteiger partial charge in [0.25, 0.3) is 0 Å². The van der Waals surface area contributed by atoms with Crippen molar-refractivity contribution in [1.29, 1.82) is 0 Å². The van der Waals surface area contributed by atoms with Crippen LogP contribution in [0, 0.1) is 0 Å². The molecule has 2 rings (SSSR count). The van der Waals surface area contributed by atoms with Crippen LogP contribution >= 0.6 is 0 Å². The van der Waals surface area contributed by atoms with E-state index in [1.54, 1.807) is 6.92 Å². The fraction of sp³-hybridized carbons (Fsp3) is 0.500. The maximum atomic E-state index is 12.8. The van der Waals surface area contributed by atoms with Gasteiger partial charge in [0.05, 0.1) is 0 Å². The highest BCUT2D eigenvalue weighted by molar-refractivity contribution is 5.85. The van der Waals surface area contributed by atoms with Crippen LogP contribution in [-0.4, -0.2) is 35.0 Å². The Hall–Kier alpha value is -2.10. The van der Waals surface area contributed by atoms with Crippen LogP contribution in [0.5, 0.6) is 0 Å². The van der Waals surface area contributed by atoms with Crippen molar-refractivity contribution in [2.75, 3.05) is 23.4 Å². The van der Waals surface area contributed by atoms with E-state index in [9.17, 15) is 18.0 Å². The molecule has 10 heteroatoms. The van der Waals surface area contributed by atoms with Gasteiger partial charge >= 0.3 is 6.18 Å². The molecule has 1 unspecified atom stereocenters. The second-order valence-electron chi connectivity index (χ2n) is 4.24. The highest BCUT2D eigenvalue weighted by atomic mass is 19.4. The van der Waals surface area contributed by atoms with Crippen molar-refractivity contribution in [3.63, 3.8) is 0 Å². The van der Waals surface area contributed by atoms with Crippen LogP contribution in [0.25, 0.3) is 0 Å². The summed E-state index contributed by atoms with van der Waals surface area (Å²) in [6.07, 6.45) is -4.62. The number of carbonyl (C=O) groups is 1. The molecule has 0 aliphatic carbocycles. The molecule has 1 aromatic rings. The van der Waals surface area contributed by atoms with Gasteiger partial charge in [0.2, 0.25) is 11.9 Å². The summed E-state index contributed by atoms with van der Waals surface area (Å²) in [5.41, 5.74) is 0.879. The molecule has 1 saturated heterocycles. The number of nitrogens with one attached hydrogen (secondary N) is 2. The average Bonchev–Trinajstić information content (AvgIpc) is 2.40. The Morgan fingerprint density at radius 1 is 1.50 bits per heavy atom. The monoisotopic (exact) mass is 290 g/mol. The van der Waals surface area contributed by atoms with Gasteiger partial charge in [-0.1, -0.05) is 0 Å². The third-order valence-electron chi connectivity index (χ3n) is 2.93. The van der Waals surface area contributed by atoms with E-state index < -0.39 is 17.9 Å². The number of nitrogens with two attached hydrogens (primary N) is 1. The number of hydrogen-bond donors (Lipinski definition) is 3. The zero-order chi connectivity index (χ0) is 14.9. The molecule has 0 saturated carbocycles. The smallest absolute Gasteiger partial charge is 0.353 e. The molecule has 1 aliphatic heterocycles. The van der Waals surface area contributed by atoms with E-state index in [-0.39, 0.29) is 17.7 Å². The number of anilines is 2. The lowest BCUT2D eigenvalue weighted by atomic mass is 10.2. The minimum atomic E-state index is -4.62. The first-order valence-corrected chi connectivity index (χ1v) is 5.80. The van der Waals surface area contributed by atoms with Crippen LogP contribution in [0.2, 0.25) is 0 Å². The Kier molecular flexibility index (Phi) is 3.66. The van der Waals surface area contributed by atoms with Gasteiger partial charge < -0.3 is 10.2 Å². The number of nitrogen functional groups attached to an aromatic ring is 1. The van der Waals surface area contributed by atoms with Crippen LogP contribution in [0.1, 0.15) is 12.6 Å². The summed E-state index contributed by atoms with van der Waals surface area (Å²) in [5, 5.41) is 2.62. The molecule has 1 aliphatic rings. The topological polar surface area (TPSA) is 96.2 Å². The standard InChI is InChI=1S/C10H13F3N6O/c1-5-8(20)15-2-3-19(5)7-4-6(10(11,12)13)16-9(17-7)18-14/h4-5H,2-3,14H2,1H3,(H,15,20)(H,16,17,18). The van der Waals surface area contributed by atoms with E-state index >= 15 is 0 Å². The number of aromatic nitrogens is 2. The van der Waals surface area contributed by atoms with Gasteiger partial charge in [0.1, 0.15) is 11.9 Å². The van der Waals surface area contributed by atoms with E-state index in [0.717, 1.165) is 6.07 Å². The number of hydrazine groups is 1. The molecule has 1 aromatic heterocycles. The zero-order valence-corrected chi connectivity index (χ0v) is 10.5. The molecule has 2 heterocycles. The minimum Gasteiger partial charge on any atom is -0.353 e. The van der Waals surface area contributed by atoms with Crippen molar-refractivity contribution in [2.24, 2.45) is 5.84 Å². The number of alkyl halides is 3. The normalized spacial score (nSPS) is 19.8. The highest BCUT2D eigenvalue weighted by Gasteiger charge is 2.35. The number of nitrogens with zero attached hydrogens (tertiary/aromatic N) is 3. The van der Waals surface area contributed by atoms with Crippen LogP contribution in [0.4, 0.5) is 24.9 Å². The van der Waals surface area contributed by atoms with Gasteiger partial charge in [-0.25, -0.2) is 10.8 Å². The number of halogens is 3. The molecule has 1 fully saturated rings. The lowest BCUT2D eigenvalue weighted by molar-refractivity contribution is -0.141. The third kappa shape index (κ3) is 2.74. The summed E-state index contributed by atoms with van der Waals surface area (Å²) in [5.74, 6) is 4.46. The minimum absolute atomic E-state index is 0.00243. The van der Waals surface area contributed by atoms with Crippen molar-refractivity contribution >= 4 is 17.7 Å². The molecule has 0 spiro atoms. The number of rotatable bonds is 2. The number of amides is 1. The summed E-state index contributed by atoms with van der Waals surface area (Å²) in [7, 11) is 0. The molecular weight excluding hydrogens is 277 g/mol. The van der Waals surface area contributed by atoms with Crippen LogP contribution in [0.3, 0.4) is 0 Å². The van der Waals surface area contributed by atoms with Gasteiger partial charge in [0.15, 0.2) is 5.69 Å². The molecule has 7 nitrogen and oxygen atoms in total. The molecular formula is C10H13F3N6O. The molecule has 0 bridgehead atoms. The Morgan fingerprint density at radius 2 is 2.20 bits per heavy atom. The van der Waals surface area contributed by atoms with E-state index in [2.05, 4.69) is 15.3 Å². The molecule has 4 N–H and O–H groups in total.